The number of benzene rings is 1. The average molecular weight is 305 g/mol. The van der Waals surface area contributed by atoms with Crippen LogP contribution in [0.15, 0.2) is 18.2 Å². The van der Waals surface area contributed by atoms with Crippen molar-refractivity contribution in [1.29, 1.82) is 0 Å². The second-order valence-corrected chi connectivity index (χ2v) is 7.26. The molecular formula is C17H27N3O2. The molecule has 22 heavy (non-hydrogen) atoms. The summed E-state index contributed by atoms with van der Waals surface area (Å²) in [4.78, 5) is 14.3. The van der Waals surface area contributed by atoms with E-state index in [0.717, 1.165) is 25.1 Å². The topological polar surface area (TPSA) is 64.6 Å². The SMILES string of the molecule is CN1CCc2ccc(NC(=O)NC(CO)CC(C)(C)C)cc21. The van der Waals surface area contributed by atoms with Crippen LogP contribution in [-0.2, 0) is 6.42 Å². The highest BCUT2D eigenvalue weighted by Gasteiger charge is 2.20. The third kappa shape index (κ3) is 4.37. The van der Waals surface area contributed by atoms with E-state index >= 15 is 0 Å². The molecule has 1 unspecified atom stereocenters. The third-order valence-corrected chi connectivity index (χ3v) is 3.89. The van der Waals surface area contributed by atoms with Gasteiger partial charge in [-0.05, 0) is 36.0 Å². The monoisotopic (exact) mass is 305 g/mol. The van der Waals surface area contributed by atoms with E-state index in [0.29, 0.717) is 0 Å². The van der Waals surface area contributed by atoms with E-state index in [1.807, 2.05) is 12.1 Å². The largest absolute Gasteiger partial charge is 0.394 e. The quantitative estimate of drug-likeness (QED) is 0.801. The van der Waals surface area contributed by atoms with Crippen molar-refractivity contribution in [2.75, 3.05) is 30.4 Å². The van der Waals surface area contributed by atoms with Crippen molar-refractivity contribution in [3.63, 3.8) is 0 Å². The summed E-state index contributed by atoms with van der Waals surface area (Å²) < 4.78 is 0. The van der Waals surface area contributed by atoms with Gasteiger partial charge >= 0.3 is 6.03 Å². The number of aliphatic hydroxyl groups excluding tert-OH is 1. The summed E-state index contributed by atoms with van der Waals surface area (Å²) in [6, 6.07) is 5.48. The lowest BCUT2D eigenvalue weighted by Gasteiger charge is -2.25. The minimum Gasteiger partial charge on any atom is -0.394 e. The molecule has 0 saturated carbocycles. The number of urea groups is 1. The summed E-state index contributed by atoms with van der Waals surface area (Å²) >= 11 is 0. The third-order valence-electron chi connectivity index (χ3n) is 3.89. The number of nitrogens with one attached hydrogen (secondary N) is 2. The van der Waals surface area contributed by atoms with Crippen LogP contribution in [-0.4, -0.2) is 37.4 Å². The number of carbonyl (C=O) groups excluding carboxylic acids is 1. The minimum absolute atomic E-state index is 0.0525. The highest BCUT2D eigenvalue weighted by Crippen LogP contribution is 2.29. The van der Waals surface area contributed by atoms with Crippen LogP contribution in [0, 0.1) is 5.41 Å². The molecule has 1 aliphatic heterocycles. The molecule has 1 aliphatic rings. The van der Waals surface area contributed by atoms with Crippen molar-refractivity contribution in [3.05, 3.63) is 23.8 Å². The zero-order chi connectivity index (χ0) is 16.3. The molecule has 0 radical (unpaired) electrons. The first kappa shape index (κ1) is 16.6. The average Bonchev–Trinajstić information content (AvgIpc) is 2.78. The van der Waals surface area contributed by atoms with Gasteiger partial charge in [-0.2, -0.15) is 0 Å². The van der Waals surface area contributed by atoms with Crippen LogP contribution >= 0.6 is 0 Å². The molecule has 5 heteroatoms. The van der Waals surface area contributed by atoms with Crippen LogP contribution in [0.4, 0.5) is 16.2 Å². The lowest BCUT2D eigenvalue weighted by molar-refractivity contribution is 0.196. The Morgan fingerprint density at radius 2 is 2.14 bits per heavy atom. The number of hydrogen-bond acceptors (Lipinski definition) is 3. The summed E-state index contributed by atoms with van der Waals surface area (Å²) in [7, 11) is 2.06. The maximum absolute atomic E-state index is 12.1. The smallest absolute Gasteiger partial charge is 0.319 e. The van der Waals surface area contributed by atoms with Gasteiger partial charge in [-0.3, -0.25) is 0 Å². The fourth-order valence-electron chi connectivity index (χ4n) is 2.87. The Balaban J connectivity index is 1.96. The number of likely N-dealkylation sites (N-methyl/N-ethyl adjacent to an activating group) is 1. The van der Waals surface area contributed by atoms with Crippen LogP contribution in [0.3, 0.4) is 0 Å². The number of carbonyl (C=O) groups is 1. The van der Waals surface area contributed by atoms with E-state index in [-0.39, 0.29) is 24.1 Å². The van der Waals surface area contributed by atoms with Crippen LogP contribution in [0.25, 0.3) is 0 Å². The van der Waals surface area contributed by atoms with Gasteiger partial charge in [0, 0.05) is 25.0 Å². The molecule has 3 N–H and O–H groups in total. The van der Waals surface area contributed by atoms with E-state index in [9.17, 15) is 9.90 Å². The molecule has 0 saturated heterocycles. The van der Waals surface area contributed by atoms with Gasteiger partial charge in [-0.1, -0.05) is 26.8 Å². The Kier molecular flexibility index (Phi) is 4.96. The van der Waals surface area contributed by atoms with Crippen molar-refractivity contribution >= 4 is 17.4 Å². The van der Waals surface area contributed by atoms with Gasteiger partial charge < -0.3 is 20.6 Å². The normalized spacial score (nSPS) is 15.4. The van der Waals surface area contributed by atoms with E-state index in [2.05, 4.69) is 49.4 Å². The molecule has 1 heterocycles. The summed E-state index contributed by atoms with van der Waals surface area (Å²) in [6.07, 6.45) is 1.78. The van der Waals surface area contributed by atoms with E-state index < -0.39 is 0 Å². The van der Waals surface area contributed by atoms with Crippen molar-refractivity contribution < 1.29 is 9.90 Å². The molecule has 0 bridgehead atoms. The Hall–Kier alpha value is -1.75. The molecule has 0 aromatic heterocycles. The predicted molar refractivity (Wildman–Crippen MR) is 90.5 cm³/mol. The lowest BCUT2D eigenvalue weighted by Crippen LogP contribution is -2.42. The number of rotatable bonds is 4. The standard InChI is InChI=1S/C17H27N3O2/c1-17(2,3)10-14(11-21)19-16(22)18-13-6-5-12-7-8-20(4)15(12)9-13/h5-6,9,14,21H,7-8,10-11H2,1-4H3,(H2,18,19,22). The molecule has 1 aromatic carbocycles. The highest BCUT2D eigenvalue weighted by atomic mass is 16.3. The molecule has 0 aliphatic carbocycles. The van der Waals surface area contributed by atoms with Crippen molar-refractivity contribution in [2.45, 2.75) is 39.7 Å². The summed E-state index contributed by atoms with van der Waals surface area (Å²) in [5.41, 5.74) is 3.31. The first-order valence-corrected chi connectivity index (χ1v) is 7.81. The molecule has 0 fully saturated rings. The summed E-state index contributed by atoms with van der Waals surface area (Å²) in [6.45, 7) is 7.23. The molecule has 0 spiro atoms. The Labute approximate surface area is 132 Å². The molecule has 1 atom stereocenters. The van der Waals surface area contributed by atoms with Crippen LogP contribution < -0.4 is 15.5 Å². The number of nitrogens with zero attached hydrogens (tertiary/aromatic N) is 1. The number of amides is 2. The van der Waals surface area contributed by atoms with Crippen molar-refractivity contribution in [2.24, 2.45) is 5.41 Å². The van der Waals surface area contributed by atoms with Crippen LogP contribution in [0.1, 0.15) is 32.8 Å². The van der Waals surface area contributed by atoms with Crippen LogP contribution in [0.5, 0.6) is 0 Å². The van der Waals surface area contributed by atoms with Crippen molar-refractivity contribution in [1.82, 2.24) is 5.32 Å². The van der Waals surface area contributed by atoms with E-state index in [4.69, 9.17) is 0 Å². The van der Waals surface area contributed by atoms with Gasteiger partial charge in [-0.15, -0.1) is 0 Å². The van der Waals surface area contributed by atoms with Gasteiger partial charge in [-0.25, -0.2) is 4.79 Å². The fourth-order valence-corrected chi connectivity index (χ4v) is 2.87. The lowest BCUT2D eigenvalue weighted by atomic mass is 9.88. The van der Waals surface area contributed by atoms with Gasteiger partial charge in [0.1, 0.15) is 0 Å². The van der Waals surface area contributed by atoms with Gasteiger partial charge in [0.05, 0.1) is 12.6 Å². The second kappa shape index (κ2) is 6.57. The maximum Gasteiger partial charge on any atom is 0.319 e. The first-order chi connectivity index (χ1) is 10.3. The molecule has 1 aromatic rings. The van der Waals surface area contributed by atoms with Crippen molar-refractivity contribution in [3.8, 4) is 0 Å². The van der Waals surface area contributed by atoms with E-state index in [1.165, 1.54) is 11.3 Å². The minimum atomic E-state index is -0.274. The van der Waals surface area contributed by atoms with Gasteiger partial charge in [0.2, 0.25) is 0 Å². The Morgan fingerprint density at radius 1 is 1.41 bits per heavy atom. The Morgan fingerprint density at radius 3 is 2.77 bits per heavy atom. The maximum atomic E-state index is 12.1. The fraction of sp³-hybridized carbons (Fsp3) is 0.588. The Bertz CT molecular complexity index is 537. The highest BCUT2D eigenvalue weighted by molar-refractivity contribution is 5.90. The first-order valence-electron chi connectivity index (χ1n) is 7.81. The molecular weight excluding hydrogens is 278 g/mol. The summed E-state index contributed by atoms with van der Waals surface area (Å²) in [5, 5.41) is 15.1. The zero-order valence-electron chi connectivity index (χ0n) is 13.9. The van der Waals surface area contributed by atoms with Gasteiger partial charge in [0.25, 0.3) is 0 Å². The number of anilines is 2. The molecule has 2 amide bonds. The zero-order valence-corrected chi connectivity index (χ0v) is 13.9. The summed E-state index contributed by atoms with van der Waals surface area (Å²) in [5.74, 6) is 0. The number of fused-ring (bicyclic) bond motifs is 1. The number of hydrogen-bond donors (Lipinski definition) is 3. The molecule has 5 nitrogen and oxygen atoms in total. The number of aliphatic hydroxyl groups is 1. The van der Waals surface area contributed by atoms with Crippen LogP contribution in [0.2, 0.25) is 0 Å². The molecule has 122 valence electrons. The van der Waals surface area contributed by atoms with E-state index in [1.54, 1.807) is 0 Å². The predicted octanol–water partition coefficient (Wildman–Crippen LogP) is 2.60. The van der Waals surface area contributed by atoms with Gasteiger partial charge in [0.15, 0.2) is 0 Å². The second-order valence-electron chi connectivity index (χ2n) is 7.26. The molecule has 2 rings (SSSR count).